The third-order valence-corrected chi connectivity index (χ3v) is 5.26. The molecule has 2 heterocycles. The van der Waals surface area contributed by atoms with Gasteiger partial charge in [-0.1, -0.05) is 41.7 Å². The van der Waals surface area contributed by atoms with E-state index in [1.165, 1.54) is 0 Å². The molecule has 0 unspecified atom stereocenters. The summed E-state index contributed by atoms with van der Waals surface area (Å²) in [6.07, 6.45) is 3.41. The van der Waals surface area contributed by atoms with Crippen molar-refractivity contribution < 1.29 is 9.90 Å². The summed E-state index contributed by atoms with van der Waals surface area (Å²) < 4.78 is 1.07. The molecule has 1 aliphatic rings. The lowest BCUT2D eigenvalue weighted by Crippen LogP contribution is -2.24. The molecule has 1 aromatic heterocycles. The Kier molecular flexibility index (Phi) is 4.67. The number of hydrogen-bond acceptors (Lipinski definition) is 5. The highest BCUT2D eigenvalue weighted by Crippen LogP contribution is 2.34. The van der Waals surface area contributed by atoms with Crippen molar-refractivity contribution in [3.05, 3.63) is 74.2 Å². The summed E-state index contributed by atoms with van der Waals surface area (Å²) in [5, 5.41) is 13.2. The Morgan fingerprint density at radius 3 is 2.89 bits per heavy atom. The Morgan fingerprint density at radius 2 is 2.07 bits per heavy atom. The molecule has 28 heavy (non-hydrogen) atoms. The van der Waals surface area contributed by atoms with Gasteiger partial charge in [0.05, 0.1) is 10.6 Å². The van der Waals surface area contributed by atoms with Crippen LogP contribution in [-0.2, 0) is 11.3 Å². The number of carbonyl (C=O) groups excluding carboxylic acids is 1. The van der Waals surface area contributed by atoms with E-state index in [1.807, 2.05) is 49.4 Å². The lowest BCUT2D eigenvalue weighted by Gasteiger charge is -2.07. The number of nitrogens with zero attached hydrogens (tertiary/aromatic N) is 2. The molecule has 140 valence electrons. The van der Waals surface area contributed by atoms with Gasteiger partial charge in [0.2, 0.25) is 11.8 Å². The van der Waals surface area contributed by atoms with Crippen LogP contribution in [0.4, 0.5) is 11.4 Å². The van der Waals surface area contributed by atoms with E-state index < -0.39 is 4.87 Å². The summed E-state index contributed by atoms with van der Waals surface area (Å²) in [4.78, 5) is 28.9. The van der Waals surface area contributed by atoms with Crippen molar-refractivity contribution in [1.82, 2.24) is 4.57 Å². The average Bonchev–Trinajstić information content (AvgIpc) is 3.18. The standard InChI is InChI=1S/C21H17N3O3S/c1-13-5-4-6-15(9-13)23-19(25)12-24-20(26)18(28-21(24)27)10-14-11-22-17-8-3-2-7-16(14)17/h2-11,26H,12H2,1H3,(H,23,25)/b14-10+. The summed E-state index contributed by atoms with van der Waals surface area (Å²) in [6, 6.07) is 15.0. The Morgan fingerprint density at radius 1 is 1.25 bits per heavy atom. The molecule has 3 aromatic rings. The number of aryl methyl sites for hydroxylation is 1. The lowest BCUT2D eigenvalue weighted by atomic mass is 10.1. The molecule has 4 rings (SSSR count). The molecule has 1 amide bonds. The number of carbonyl (C=O) groups is 1. The fourth-order valence-electron chi connectivity index (χ4n) is 3.01. The van der Waals surface area contributed by atoms with E-state index >= 15 is 0 Å². The Balaban J connectivity index is 1.57. The number of nitrogens with one attached hydrogen (secondary N) is 1. The van der Waals surface area contributed by atoms with E-state index in [4.69, 9.17) is 0 Å². The van der Waals surface area contributed by atoms with Crippen LogP contribution in [0, 0.1) is 6.92 Å². The van der Waals surface area contributed by atoms with Gasteiger partial charge in [-0.15, -0.1) is 0 Å². The zero-order valence-electron chi connectivity index (χ0n) is 15.0. The van der Waals surface area contributed by atoms with Gasteiger partial charge >= 0.3 is 4.87 Å². The first-order valence-corrected chi connectivity index (χ1v) is 9.47. The zero-order valence-corrected chi connectivity index (χ0v) is 15.9. The van der Waals surface area contributed by atoms with Crippen molar-refractivity contribution >= 4 is 46.5 Å². The van der Waals surface area contributed by atoms with Crippen LogP contribution in [-0.4, -0.2) is 21.8 Å². The molecule has 0 aliphatic carbocycles. The number of para-hydroxylation sites is 1. The molecular formula is C21H17N3O3S. The van der Waals surface area contributed by atoms with Crippen LogP contribution in [0.3, 0.4) is 0 Å². The van der Waals surface area contributed by atoms with Crippen molar-refractivity contribution in [3.8, 4) is 5.88 Å². The molecule has 1 aliphatic heterocycles. The second-order valence-corrected chi connectivity index (χ2v) is 7.43. The predicted octanol–water partition coefficient (Wildman–Crippen LogP) is 3.82. The number of hydrogen-bond donors (Lipinski definition) is 2. The third kappa shape index (κ3) is 3.52. The second kappa shape index (κ2) is 7.28. The number of anilines is 1. The molecule has 2 aromatic carbocycles. The number of rotatable bonds is 4. The normalized spacial score (nSPS) is 13.7. The molecule has 2 N–H and O–H groups in total. The van der Waals surface area contributed by atoms with Crippen molar-refractivity contribution in [2.45, 2.75) is 13.5 Å². The SMILES string of the molecule is Cc1cccc(NC(=O)Cn2c(O)c(/C=C3\C=Nc4ccccc43)sc2=O)c1. The van der Waals surface area contributed by atoms with E-state index in [0.717, 1.165) is 38.3 Å². The second-order valence-electron chi connectivity index (χ2n) is 6.43. The molecule has 0 spiro atoms. The van der Waals surface area contributed by atoms with Crippen LogP contribution in [0.15, 0.2) is 58.3 Å². The van der Waals surface area contributed by atoms with Gasteiger partial charge < -0.3 is 10.4 Å². The minimum atomic E-state index is -0.396. The van der Waals surface area contributed by atoms with Crippen molar-refractivity contribution in [2.75, 3.05) is 5.32 Å². The largest absolute Gasteiger partial charge is 0.493 e. The minimum absolute atomic E-state index is 0.223. The topological polar surface area (TPSA) is 83.7 Å². The number of aliphatic imine (C=N–C) groups is 1. The molecule has 6 nitrogen and oxygen atoms in total. The highest BCUT2D eigenvalue weighted by Gasteiger charge is 2.18. The van der Waals surface area contributed by atoms with E-state index in [1.54, 1.807) is 18.4 Å². The fraction of sp³-hybridized carbons (Fsp3) is 0.0952. The predicted molar refractivity (Wildman–Crippen MR) is 113 cm³/mol. The summed E-state index contributed by atoms with van der Waals surface area (Å²) in [7, 11) is 0. The average molecular weight is 391 g/mol. The van der Waals surface area contributed by atoms with E-state index in [-0.39, 0.29) is 18.3 Å². The Bertz CT molecular complexity index is 1190. The van der Waals surface area contributed by atoms with Crippen molar-refractivity contribution in [1.29, 1.82) is 0 Å². The van der Waals surface area contributed by atoms with Gasteiger partial charge in [0.25, 0.3) is 0 Å². The van der Waals surface area contributed by atoms with Crippen molar-refractivity contribution in [2.24, 2.45) is 4.99 Å². The summed E-state index contributed by atoms with van der Waals surface area (Å²) >= 11 is 0.893. The number of aromatic hydroxyl groups is 1. The van der Waals surface area contributed by atoms with E-state index in [0.29, 0.717) is 10.6 Å². The molecule has 0 atom stereocenters. The first kappa shape index (κ1) is 17.9. The van der Waals surface area contributed by atoms with Gasteiger partial charge in [-0.3, -0.25) is 19.1 Å². The van der Waals surface area contributed by atoms with E-state index in [9.17, 15) is 14.7 Å². The Hall–Kier alpha value is -3.45. The monoisotopic (exact) mass is 391 g/mol. The van der Waals surface area contributed by atoms with Gasteiger partial charge in [-0.2, -0.15) is 0 Å². The number of amides is 1. The molecule has 7 heteroatoms. The maximum absolute atomic E-state index is 12.3. The van der Waals surface area contributed by atoms with Gasteiger partial charge in [0.1, 0.15) is 6.54 Å². The molecular weight excluding hydrogens is 374 g/mol. The summed E-state index contributed by atoms with van der Waals surface area (Å²) in [5.74, 6) is -0.604. The zero-order chi connectivity index (χ0) is 19.7. The summed E-state index contributed by atoms with van der Waals surface area (Å²) in [6.45, 7) is 1.66. The lowest BCUT2D eigenvalue weighted by molar-refractivity contribution is -0.116. The van der Waals surface area contributed by atoms with Crippen LogP contribution in [0.1, 0.15) is 16.0 Å². The molecule has 0 bridgehead atoms. The number of benzene rings is 2. The van der Waals surface area contributed by atoms with Gasteiger partial charge in [-0.05, 0) is 36.8 Å². The fourth-order valence-corrected chi connectivity index (χ4v) is 3.85. The molecule has 0 fully saturated rings. The molecule has 0 saturated carbocycles. The van der Waals surface area contributed by atoms with Crippen LogP contribution in [0.5, 0.6) is 5.88 Å². The van der Waals surface area contributed by atoms with Gasteiger partial charge in [-0.25, -0.2) is 0 Å². The quantitative estimate of drug-likeness (QED) is 0.709. The first-order valence-electron chi connectivity index (χ1n) is 8.65. The number of allylic oxidation sites excluding steroid dienone is 1. The molecule has 0 saturated heterocycles. The maximum Gasteiger partial charge on any atom is 0.311 e. The highest BCUT2D eigenvalue weighted by molar-refractivity contribution is 7.10. The highest BCUT2D eigenvalue weighted by atomic mass is 32.1. The maximum atomic E-state index is 12.3. The minimum Gasteiger partial charge on any atom is -0.493 e. The van der Waals surface area contributed by atoms with Crippen LogP contribution >= 0.6 is 11.3 Å². The van der Waals surface area contributed by atoms with Crippen LogP contribution < -0.4 is 10.2 Å². The summed E-state index contributed by atoms with van der Waals surface area (Å²) in [5.41, 5.74) is 4.25. The first-order chi connectivity index (χ1) is 13.5. The number of thiazole rings is 1. The number of aromatic nitrogens is 1. The van der Waals surface area contributed by atoms with Crippen LogP contribution in [0.25, 0.3) is 11.6 Å². The van der Waals surface area contributed by atoms with Crippen molar-refractivity contribution in [3.63, 3.8) is 0 Å². The Labute approximate surface area is 165 Å². The van der Waals surface area contributed by atoms with Gasteiger partial charge in [0, 0.05) is 23.0 Å². The molecule has 0 radical (unpaired) electrons. The number of fused-ring (bicyclic) bond motifs is 1. The smallest absolute Gasteiger partial charge is 0.311 e. The van der Waals surface area contributed by atoms with E-state index in [2.05, 4.69) is 10.3 Å². The third-order valence-electron chi connectivity index (χ3n) is 4.34. The van der Waals surface area contributed by atoms with Gasteiger partial charge in [0.15, 0.2) is 0 Å². The van der Waals surface area contributed by atoms with Crippen LogP contribution in [0.2, 0.25) is 0 Å².